The highest BCUT2D eigenvalue weighted by Gasteiger charge is 2.32. The number of hydrogen-bond acceptors (Lipinski definition) is 2. The number of carbonyl (C=O) groups is 2. The van der Waals surface area contributed by atoms with E-state index in [2.05, 4.69) is 0 Å². The van der Waals surface area contributed by atoms with E-state index in [1.165, 1.54) is 12.8 Å². The van der Waals surface area contributed by atoms with Gasteiger partial charge in [0.05, 0.1) is 5.92 Å². The summed E-state index contributed by atoms with van der Waals surface area (Å²) in [7, 11) is 0. The Morgan fingerprint density at radius 3 is 2.44 bits per heavy atom. The molecule has 2 saturated heterocycles. The van der Waals surface area contributed by atoms with Crippen LogP contribution < -0.4 is 0 Å². The van der Waals surface area contributed by atoms with Crippen LogP contribution in [0.2, 0.25) is 5.02 Å². The van der Waals surface area contributed by atoms with Crippen molar-refractivity contribution < 1.29 is 9.59 Å². The van der Waals surface area contributed by atoms with Crippen LogP contribution in [0, 0.1) is 5.92 Å². The second-order valence-corrected chi connectivity index (χ2v) is 7.63. The minimum Gasteiger partial charge on any atom is -0.342 e. The molecule has 0 saturated carbocycles. The lowest BCUT2D eigenvalue weighted by Gasteiger charge is -2.34. The van der Waals surface area contributed by atoms with Gasteiger partial charge in [-0.3, -0.25) is 9.59 Å². The number of amides is 2. The van der Waals surface area contributed by atoms with E-state index in [0.29, 0.717) is 25.9 Å². The average molecular weight is 363 g/mol. The zero-order chi connectivity index (χ0) is 17.6. The Labute approximate surface area is 155 Å². The lowest BCUT2D eigenvalue weighted by atomic mass is 9.95. The van der Waals surface area contributed by atoms with E-state index < -0.39 is 0 Å². The van der Waals surface area contributed by atoms with Crippen LogP contribution in [0.5, 0.6) is 0 Å². The van der Waals surface area contributed by atoms with E-state index in [-0.39, 0.29) is 17.7 Å². The van der Waals surface area contributed by atoms with Gasteiger partial charge < -0.3 is 9.80 Å². The number of rotatable bonds is 4. The van der Waals surface area contributed by atoms with Gasteiger partial charge in [-0.2, -0.15) is 0 Å². The van der Waals surface area contributed by atoms with Crippen LogP contribution in [0.25, 0.3) is 0 Å². The molecule has 1 aromatic carbocycles. The SMILES string of the molecule is O=C1CCC(C(=O)N2CCCCCC2)CN1CCc1ccc(Cl)cc1. The molecule has 1 unspecified atom stereocenters. The van der Waals surface area contributed by atoms with E-state index in [0.717, 1.165) is 42.9 Å². The Morgan fingerprint density at radius 1 is 1.08 bits per heavy atom. The molecule has 0 N–H and O–H groups in total. The summed E-state index contributed by atoms with van der Waals surface area (Å²) in [6.07, 6.45) is 6.65. The number of hydrogen-bond donors (Lipinski definition) is 0. The van der Waals surface area contributed by atoms with Gasteiger partial charge in [0.1, 0.15) is 0 Å². The summed E-state index contributed by atoms with van der Waals surface area (Å²) in [5.74, 6) is 0.404. The first kappa shape index (κ1) is 18.2. The maximum atomic E-state index is 12.8. The van der Waals surface area contributed by atoms with Gasteiger partial charge in [0.15, 0.2) is 0 Å². The summed E-state index contributed by atoms with van der Waals surface area (Å²) in [6, 6.07) is 7.74. The lowest BCUT2D eigenvalue weighted by Crippen LogP contribution is -2.47. The van der Waals surface area contributed by atoms with Crippen molar-refractivity contribution in [3.05, 3.63) is 34.9 Å². The standard InChI is InChI=1S/C20H27ClN2O2/c21-18-8-5-16(6-9-18)11-14-23-15-17(7-10-19(23)24)20(25)22-12-3-1-2-4-13-22/h5-6,8-9,17H,1-4,7,10-15H2. The fraction of sp³-hybridized carbons (Fsp3) is 0.600. The molecule has 1 aromatic rings. The third-order valence-corrected chi connectivity index (χ3v) is 5.60. The maximum absolute atomic E-state index is 12.8. The Bertz CT molecular complexity index is 594. The monoisotopic (exact) mass is 362 g/mol. The summed E-state index contributed by atoms with van der Waals surface area (Å²) < 4.78 is 0. The summed E-state index contributed by atoms with van der Waals surface area (Å²) in [4.78, 5) is 29.0. The molecule has 1 atom stereocenters. The lowest BCUT2D eigenvalue weighted by molar-refractivity contribution is -0.143. The topological polar surface area (TPSA) is 40.6 Å². The van der Waals surface area contributed by atoms with E-state index in [1.807, 2.05) is 34.1 Å². The van der Waals surface area contributed by atoms with Crippen LogP contribution in [0.1, 0.15) is 44.1 Å². The summed E-state index contributed by atoms with van der Waals surface area (Å²) in [5, 5.41) is 0.723. The smallest absolute Gasteiger partial charge is 0.227 e. The largest absolute Gasteiger partial charge is 0.342 e. The first-order chi connectivity index (χ1) is 12.1. The number of likely N-dealkylation sites (tertiary alicyclic amines) is 2. The van der Waals surface area contributed by atoms with Gasteiger partial charge in [-0.25, -0.2) is 0 Å². The molecule has 0 aliphatic carbocycles. The summed E-state index contributed by atoms with van der Waals surface area (Å²) >= 11 is 5.92. The minimum atomic E-state index is -0.0268. The van der Waals surface area contributed by atoms with E-state index >= 15 is 0 Å². The van der Waals surface area contributed by atoms with Crippen LogP contribution in [0.15, 0.2) is 24.3 Å². The van der Waals surface area contributed by atoms with Crippen LogP contribution in [-0.2, 0) is 16.0 Å². The highest BCUT2D eigenvalue weighted by molar-refractivity contribution is 6.30. The molecular formula is C20H27ClN2O2. The van der Waals surface area contributed by atoms with Crippen molar-refractivity contribution in [1.29, 1.82) is 0 Å². The number of piperidine rings is 1. The molecule has 3 rings (SSSR count). The van der Waals surface area contributed by atoms with Gasteiger partial charge >= 0.3 is 0 Å². The number of nitrogens with zero attached hydrogens (tertiary/aromatic N) is 2. The fourth-order valence-corrected chi connectivity index (χ4v) is 3.92. The molecular weight excluding hydrogens is 336 g/mol. The Morgan fingerprint density at radius 2 is 1.76 bits per heavy atom. The number of halogens is 1. The molecule has 5 heteroatoms. The second kappa shape index (κ2) is 8.70. The molecule has 2 aliphatic heterocycles. The van der Waals surface area contributed by atoms with Gasteiger partial charge in [-0.05, 0) is 43.4 Å². The third-order valence-electron chi connectivity index (χ3n) is 5.35. The van der Waals surface area contributed by atoms with E-state index in [9.17, 15) is 9.59 Å². The Kier molecular flexibility index (Phi) is 6.35. The average Bonchev–Trinajstić information content (AvgIpc) is 2.91. The first-order valence-corrected chi connectivity index (χ1v) is 9.82. The maximum Gasteiger partial charge on any atom is 0.227 e. The zero-order valence-electron chi connectivity index (χ0n) is 14.8. The summed E-state index contributed by atoms with van der Waals surface area (Å²) in [5.41, 5.74) is 1.16. The molecule has 136 valence electrons. The Balaban J connectivity index is 1.56. The van der Waals surface area contributed by atoms with Crippen molar-refractivity contribution in [2.24, 2.45) is 5.92 Å². The number of carbonyl (C=O) groups excluding carboxylic acids is 2. The zero-order valence-corrected chi connectivity index (χ0v) is 15.5. The molecule has 25 heavy (non-hydrogen) atoms. The van der Waals surface area contributed by atoms with Crippen molar-refractivity contribution in [3.8, 4) is 0 Å². The van der Waals surface area contributed by atoms with Gasteiger partial charge in [-0.1, -0.05) is 36.6 Å². The van der Waals surface area contributed by atoms with Crippen LogP contribution in [0.4, 0.5) is 0 Å². The van der Waals surface area contributed by atoms with Crippen LogP contribution >= 0.6 is 11.6 Å². The Hall–Kier alpha value is -1.55. The normalized spacial score (nSPS) is 22.0. The second-order valence-electron chi connectivity index (χ2n) is 7.19. The minimum absolute atomic E-state index is 0.0268. The quantitative estimate of drug-likeness (QED) is 0.822. The molecule has 2 fully saturated rings. The molecule has 2 amide bonds. The highest BCUT2D eigenvalue weighted by atomic mass is 35.5. The van der Waals surface area contributed by atoms with Crippen molar-refractivity contribution in [2.45, 2.75) is 44.9 Å². The summed E-state index contributed by atoms with van der Waals surface area (Å²) in [6.45, 7) is 3.01. The predicted octanol–water partition coefficient (Wildman–Crippen LogP) is 3.52. The fourth-order valence-electron chi connectivity index (χ4n) is 3.80. The third kappa shape index (κ3) is 4.97. The molecule has 0 radical (unpaired) electrons. The molecule has 4 nitrogen and oxygen atoms in total. The van der Waals surface area contributed by atoms with Gasteiger partial charge in [0.2, 0.25) is 11.8 Å². The van der Waals surface area contributed by atoms with E-state index in [1.54, 1.807) is 0 Å². The van der Waals surface area contributed by atoms with Gasteiger partial charge in [0, 0.05) is 37.6 Å². The van der Waals surface area contributed by atoms with Crippen molar-refractivity contribution in [3.63, 3.8) is 0 Å². The van der Waals surface area contributed by atoms with Crippen molar-refractivity contribution >= 4 is 23.4 Å². The van der Waals surface area contributed by atoms with Crippen LogP contribution in [0.3, 0.4) is 0 Å². The van der Waals surface area contributed by atoms with Crippen molar-refractivity contribution in [2.75, 3.05) is 26.2 Å². The highest BCUT2D eigenvalue weighted by Crippen LogP contribution is 2.22. The molecule has 0 bridgehead atoms. The van der Waals surface area contributed by atoms with Gasteiger partial charge in [-0.15, -0.1) is 0 Å². The van der Waals surface area contributed by atoms with Crippen molar-refractivity contribution in [1.82, 2.24) is 9.80 Å². The molecule has 0 spiro atoms. The molecule has 2 heterocycles. The van der Waals surface area contributed by atoms with E-state index in [4.69, 9.17) is 11.6 Å². The van der Waals surface area contributed by atoms with Crippen LogP contribution in [-0.4, -0.2) is 47.8 Å². The van der Waals surface area contributed by atoms with Gasteiger partial charge in [0.25, 0.3) is 0 Å². The molecule has 0 aromatic heterocycles. The first-order valence-electron chi connectivity index (χ1n) is 9.44. The number of benzene rings is 1. The molecule has 2 aliphatic rings. The predicted molar refractivity (Wildman–Crippen MR) is 99.5 cm³/mol.